The molecule has 2 unspecified atom stereocenters. The van der Waals surface area contributed by atoms with Crippen LogP contribution in [0.15, 0.2) is 18.2 Å². The predicted octanol–water partition coefficient (Wildman–Crippen LogP) is 3.44. The maximum atomic E-state index is 13.1. The van der Waals surface area contributed by atoms with E-state index in [1.54, 1.807) is 6.07 Å². The Kier molecular flexibility index (Phi) is 4.94. The van der Waals surface area contributed by atoms with Crippen LogP contribution in [0, 0.1) is 18.7 Å². The van der Waals surface area contributed by atoms with E-state index in [1.807, 2.05) is 13.0 Å². The van der Waals surface area contributed by atoms with Gasteiger partial charge in [0.15, 0.2) is 0 Å². The number of benzene rings is 1. The van der Waals surface area contributed by atoms with Gasteiger partial charge in [-0.3, -0.25) is 0 Å². The summed E-state index contributed by atoms with van der Waals surface area (Å²) in [6.45, 7) is 6.38. The molecule has 0 amide bonds. The van der Waals surface area contributed by atoms with Crippen LogP contribution in [0.25, 0.3) is 0 Å². The van der Waals surface area contributed by atoms with Gasteiger partial charge in [0.2, 0.25) is 0 Å². The molecule has 0 saturated heterocycles. The Bertz CT molecular complexity index is 336. The molecule has 1 nitrogen and oxygen atoms in total. The maximum absolute atomic E-state index is 13.1. The molecular weight excluding hydrogens is 201 g/mol. The highest BCUT2D eigenvalue weighted by Gasteiger charge is 2.10. The first-order chi connectivity index (χ1) is 7.52. The van der Waals surface area contributed by atoms with E-state index in [1.165, 1.54) is 6.07 Å². The van der Waals surface area contributed by atoms with Gasteiger partial charge in [0, 0.05) is 6.04 Å². The van der Waals surface area contributed by atoms with Crippen LogP contribution in [0.3, 0.4) is 0 Å². The monoisotopic (exact) mass is 223 g/mol. The average Bonchev–Trinajstić information content (AvgIpc) is 2.23. The Hall–Kier alpha value is -0.890. The molecule has 0 heterocycles. The molecule has 0 aliphatic carbocycles. The van der Waals surface area contributed by atoms with Gasteiger partial charge in [0.25, 0.3) is 0 Å². The average molecular weight is 223 g/mol. The zero-order chi connectivity index (χ0) is 12.1. The fraction of sp³-hybridized carbons (Fsp3) is 0.571. The SMILES string of the molecule is CCC(C)CC(N)Cc1cc(F)ccc1C. The first-order valence-electron chi connectivity index (χ1n) is 6.03. The van der Waals surface area contributed by atoms with Crippen LogP contribution in [-0.4, -0.2) is 6.04 Å². The van der Waals surface area contributed by atoms with Crippen LogP contribution in [-0.2, 0) is 6.42 Å². The molecule has 90 valence electrons. The van der Waals surface area contributed by atoms with Crippen molar-refractivity contribution in [1.29, 1.82) is 0 Å². The molecule has 0 aliphatic heterocycles. The second kappa shape index (κ2) is 6.00. The van der Waals surface area contributed by atoms with E-state index in [-0.39, 0.29) is 11.9 Å². The van der Waals surface area contributed by atoms with Gasteiger partial charge in [0.1, 0.15) is 5.82 Å². The van der Waals surface area contributed by atoms with Crippen LogP contribution in [0.4, 0.5) is 4.39 Å². The molecule has 0 spiro atoms. The van der Waals surface area contributed by atoms with Crippen LogP contribution in [0.1, 0.15) is 37.8 Å². The molecule has 0 saturated carbocycles. The summed E-state index contributed by atoms with van der Waals surface area (Å²) in [6, 6.07) is 5.06. The van der Waals surface area contributed by atoms with Crippen molar-refractivity contribution in [2.45, 2.75) is 46.1 Å². The van der Waals surface area contributed by atoms with Crippen LogP contribution in [0.5, 0.6) is 0 Å². The number of hydrogen-bond donors (Lipinski definition) is 1. The highest BCUT2D eigenvalue weighted by Crippen LogP contribution is 2.16. The van der Waals surface area contributed by atoms with Crippen molar-refractivity contribution in [3.63, 3.8) is 0 Å². The molecule has 1 rings (SSSR count). The Morgan fingerprint density at radius 2 is 2.06 bits per heavy atom. The number of nitrogens with two attached hydrogens (primary N) is 1. The molecule has 0 aromatic heterocycles. The molecule has 0 fully saturated rings. The fourth-order valence-electron chi connectivity index (χ4n) is 1.91. The molecule has 1 aromatic carbocycles. The van der Waals surface area contributed by atoms with Crippen molar-refractivity contribution in [2.75, 3.05) is 0 Å². The van der Waals surface area contributed by atoms with Crippen LogP contribution in [0.2, 0.25) is 0 Å². The highest BCUT2D eigenvalue weighted by molar-refractivity contribution is 5.27. The van der Waals surface area contributed by atoms with E-state index >= 15 is 0 Å². The summed E-state index contributed by atoms with van der Waals surface area (Å²) in [7, 11) is 0. The van der Waals surface area contributed by atoms with E-state index < -0.39 is 0 Å². The zero-order valence-electron chi connectivity index (χ0n) is 10.5. The van der Waals surface area contributed by atoms with E-state index in [2.05, 4.69) is 13.8 Å². The third-order valence-corrected chi connectivity index (χ3v) is 3.20. The minimum absolute atomic E-state index is 0.135. The van der Waals surface area contributed by atoms with Gasteiger partial charge in [-0.2, -0.15) is 0 Å². The Balaban J connectivity index is 2.61. The lowest BCUT2D eigenvalue weighted by Gasteiger charge is -2.17. The second-order valence-electron chi connectivity index (χ2n) is 4.78. The van der Waals surface area contributed by atoms with Gasteiger partial charge in [0.05, 0.1) is 0 Å². The molecule has 16 heavy (non-hydrogen) atoms. The zero-order valence-corrected chi connectivity index (χ0v) is 10.5. The topological polar surface area (TPSA) is 26.0 Å². The van der Waals surface area contributed by atoms with Crippen molar-refractivity contribution < 1.29 is 4.39 Å². The van der Waals surface area contributed by atoms with Gasteiger partial charge < -0.3 is 5.73 Å². The summed E-state index contributed by atoms with van der Waals surface area (Å²) < 4.78 is 13.1. The van der Waals surface area contributed by atoms with Crippen molar-refractivity contribution in [3.05, 3.63) is 35.1 Å². The van der Waals surface area contributed by atoms with Gasteiger partial charge >= 0.3 is 0 Å². The lowest BCUT2D eigenvalue weighted by Crippen LogP contribution is -2.25. The summed E-state index contributed by atoms with van der Waals surface area (Å²) in [4.78, 5) is 0. The highest BCUT2D eigenvalue weighted by atomic mass is 19.1. The molecular formula is C14H22FN. The molecule has 1 aromatic rings. The summed E-state index contributed by atoms with van der Waals surface area (Å²) in [5, 5.41) is 0. The van der Waals surface area contributed by atoms with Crippen LogP contribution < -0.4 is 5.73 Å². The minimum atomic E-state index is -0.170. The molecule has 0 bridgehead atoms. The summed E-state index contributed by atoms with van der Waals surface area (Å²) in [5.41, 5.74) is 8.24. The quantitative estimate of drug-likeness (QED) is 0.813. The molecule has 0 aliphatic rings. The minimum Gasteiger partial charge on any atom is -0.327 e. The molecule has 2 N–H and O–H groups in total. The first kappa shape index (κ1) is 13.2. The van der Waals surface area contributed by atoms with Crippen LogP contribution >= 0.6 is 0 Å². The van der Waals surface area contributed by atoms with E-state index in [4.69, 9.17) is 5.73 Å². The first-order valence-corrected chi connectivity index (χ1v) is 6.03. The van der Waals surface area contributed by atoms with Crippen molar-refractivity contribution >= 4 is 0 Å². The maximum Gasteiger partial charge on any atom is 0.123 e. The molecule has 2 heteroatoms. The third-order valence-electron chi connectivity index (χ3n) is 3.20. The van der Waals surface area contributed by atoms with Gasteiger partial charge in [-0.05, 0) is 48.9 Å². The number of aryl methyl sites for hydroxylation is 1. The lowest BCUT2D eigenvalue weighted by atomic mass is 9.93. The third kappa shape index (κ3) is 3.93. The number of halogens is 1. The summed E-state index contributed by atoms with van der Waals surface area (Å²) >= 11 is 0. The van der Waals surface area contributed by atoms with Crippen molar-refractivity contribution in [3.8, 4) is 0 Å². The molecule has 2 atom stereocenters. The predicted molar refractivity (Wildman–Crippen MR) is 66.9 cm³/mol. The van der Waals surface area contributed by atoms with Gasteiger partial charge in [-0.25, -0.2) is 4.39 Å². The smallest absolute Gasteiger partial charge is 0.123 e. The van der Waals surface area contributed by atoms with Crippen molar-refractivity contribution in [1.82, 2.24) is 0 Å². The van der Waals surface area contributed by atoms with Gasteiger partial charge in [-0.15, -0.1) is 0 Å². The van der Waals surface area contributed by atoms with Crippen molar-refractivity contribution in [2.24, 2.45) is 11.7 Å². The van der Waals surface area contributed by atoms with E-state index in [9.17, 15) is 4.39 Å². The van der Waals surface area contributed by atoms with Gasteiger partial charge in [-0.1, -0.05) is 26.3 Å². The Labute approximate surface area is 97.9 Å². The Morgan fingerprint density at radius 1 is 1.38 bits per heavy atom. The largest absolute Gasteiger partial charge is 0.327 e. The second-order valence-corrected chi connectivity index (χ2v) is 4.78. The van der Waals surface area contributed by atoms with E-state index in [0.29, 0.717) is 5.92 Å². The lowest BCUT2D eigenvalue weighted by molar-refractivity contribution is 0.449. The normalized spacial score (nSPS) is 14.8. The fourth-order valence-corrected chi connectivity index (χ4v) is 1.91. The number of rotatable bonds is 5. The summed E-state index contributed by atoms with van der Waals surface area (Å²) in [5.74, 6) is 0.472. The summed E-state index contributed by atoms with van der Waals surface area (Å²) in [6.07, 6.45) is 2.93. The number of hydrogen-bond acceptors (Lipinski definition) is 1. The standard InChI is InChI=1S/C14H22FN/c1-4-10(2)7-14(16)9-12-8-13(15)6-5-11(12)3/h5-6,8,10,14H,4,7,9,16H2,1-3H3. The molecule has 0 radical (unpaired) electrons. The van der Waals surface area contributed by atoms with E-state index in [0.717, 1.165) is 30.4 Å². The Morgan fingerprint density at radius 3 is 2.69 bits per heavy atom.